The number of primary amides is 1. The maximum Gasteiger partial charge on any atom is 0.225 e. The van der Waals surface area contributed by atoms with E-state index in [1.807, 2.05) is 0 Å². The lowest BCUT2D eigenvalue weighted by atomic mass is 10.0. The van der Waals surface area contributed by atoms with E-state index < -0.39 is 0 Å². The van der Waals surface area contributed by atoms with Crippen molar-refractivity contribution in [1.29, 1.82) is 0 Å². The van der Waals surface area contributed by atoms with E-state index in [-0.39, 0.29) is 5.91 Å². The number of carbonyl (C=O) groups excluding carboxylic acids is 2. The molecule has 2 unspecified atom stereocenters. The van der Waals surface area contributed by atoms with Crippen molar-refractivity contribution in [2.24, 2.45) is 23.5 Å². The third kappa shape index (κ3) is 3.12. The Morgan fingerprint density at radius 2 is 1.79 bits per heavy atom. The second kappa shape index (κ2) is 6.11. The number of nitrogens with two attached hydrogens (primary N) is 1. The number of aryl methyl sites for hydroxylation is 1. The van der Waals surface area contributed by atoms with Crippen LogP contribution in [0.25, 0.3) is 0 Å². The van der Waals surface area contributed by atoms with E-state index in [0.717, 1.165) is 44.6 Å². The second-order valence-corrected chi connectivity index (χ2v) is 7.58. The highest BCUT2D eigenvalue weighted by Crippen LogP contribution is 2.38. The van der Waals surface area contributed by atoms with Gasteiger partial charge in [0.25, 0.3) is 0 Å². The third-order valence-electron chi connectivity index (χ3n) is 5.66. The van der Waals surface area contributed by atoms with Gasteiger partial charge >= 0.3 is 0 Å². The number of rotatable bonds is 5. The zero-order valence-electron chi connectivity index (χ0n) is 14.0. The van der Waals surface area contributed by atoms with Crippen LogP contribution in [-0.2, 0) is 16.0 Å². The molecule has 1 aliphatic carbocycles. The molecule has 2 saturated heterocycles. The number of fused-ring (bicyclic) bond motifs is 1. The highest BCUT2D eigenvalue weighted by atomic mass is 16.2. The Morgan fingerprint density at radius 3 is 2.42 bits per heavy atom. The Morgan fingerprint density at radius 1 is 1.08 bits per heavy atom. The topological polar surface area (TPSA) is 66.6 Å². The molecule has 1 aromatic carbocycles. The first-order chi connectivity index (χ1) is 11.6. The summed E-state index contributed by atoms with van der Waals surface area (Å²) in [5.74, 6) is 1.67. The first-order valence-electron chi connectivity index (χ1n) is 9.01. The van der Waals surface area contributed by atoms with Crippen LogP contribution in [-0.4, -0.2) is 42.9 Å². The summed E-state index contributed by atoms with van der Waals surface area (Å²) in [5, 5.41) is 0. The summed E-state index contributed by atoms with van der Waals surface area (Å²) in [4.78, 5) is 27.7. The normalized spacial score (nSPS) is 25.8. The maximum atomic E-state index is 12.2. The molecule has 0 bridgehead atoms. The van der Waals surface area contributed by atoms with E-state index in [0.29, 0.717) is 36.5 Å². The predicted molar refractivity (Wildman–Crippen MR) is 92.5 cm³/mol. The van der Waals surface area contributed by atoms with Crippen molar-refractivity contribution in [1.82, 2.24) is 4.90 Å². The van der Waals surface area contributed by atoms with Gasteiger partial charge in [-0.25, -0.2) is 0 Å². The van der Waals surface area contributed by atoms with Crippen molar-refractivity contribution in [2.75, 3.05) is 31.1 Å². The fraction of sp³-hybridized carbons (Fsp3) is 0.579. The number of likely N-dealkylation sites (tertiary alicyclic amines) is 1. The Labute approximate surface area is 142 Å². The SMILES string of the molecule is NC(=O)CCc1cccc(N2CC3CN(C(=O)C4CC4)CC3C2)c1. The monoisotopic (exact) mass is 327 g/mol. The Hall–Kier alpha value is -2.04. The Kier molecular flexibility index (Phi) is 3.94. The van der Waals surface area contributed by atoms with Gasteiger partial charge in [-0.05, 0) is 37.0 Å². The van der Waals surface area contributed by atoms with Gasteiger partial charge in [-0.2, -0.15) is 0 Å². The zero-order valence-corrected chi connectivity index (χ0v) is 14.0. The summed E-state index contributed by atoms with van der Waals surface area (Å²) in [7, 11) is 0. The zero-order chi connectivity index (χ0) is 16.7. The quantitative estimate of drug-likeness (QED) is 0.889. The number of benzene rings is 1. The van der Waals surface area contributed by atoms with Crippen LogP contribution >= 0.6 is 0 Å². The Balaban J connectivity index is 1.37. The fourth-order valence-electron chi connectivity index (χ4n) is 4.15. The molecule has 24 heavy (non-hydrogen) atoms. The van der Waals surface area contributed by atoms with Crippen LogP contribution in [0.2, 0.25) is 0 Å². The van der Waals surface area contributed by atoms with Crippen molar-refractivity contribution in [2.45, 2.75) is 25.7 Å². The minimum atomic E-state index is -0.253. The number of amides is 2. The maximum absolute atomic E-state index is 12.2. The van der Waals surface area contributed by atoms with Gasteiger partial charge in [-0.1, -0.05) is 12.1 Å². The molecule has 2 heterocycles. The molecule has 1 aromatic rings. The molecule has 1 saturated carbocycles. The van der Waals surface area contributed by atoms with Crippen LogP contribution in [0.5, 0.6) is 0 Å². The summed E-state index contributed by atoms with van der Waals surface area (Å²) in [6.07, 6.45) is 3.28. The van der Waals surface area contributed by atoms with Crippen LogP contribution in [0, 0.1) is 17.8 Å². The van der Waals surface area contributed by atoms with Gasteiger partial charge in [0.05, 0.1) is 0 Å². The molecule has 4 rings (SSSR count). The van der Waals surface area contributed by atoms with E-state index in [1.165, 1.54) is 5.69 Å². The average Bonchev–Trinajstić information content (AvgIpc) is 3.22. The highest BCUT2D eigenvalue weighted by molar-refractivity contribution is 5.81. The molecule has 128 valence electrons. The summed E-state index contributed by atoms with van der Waals surface area (Å²) in [6.45, 7) is 3.91. The summed E-state index contributed by atoms with van der Waals surface area (Å²) < 4.78 is 0. The molecule has 0 radical (unpaired) electrons. The number of hydrogen-bond acceptors (Lipinski definition) is 3. The lowest BCUT2D eigenvalue weighted by Crippen LogP contribution is -2.34. The predicted octanol–water partition coefficient (Wildman–Crippen LogP) is 1.41. The highest BCUT2D eigenvalue weighted by Gasteiger charge is 2.44. The average molecular weight is 327 g/mol. The van der Waals surface area contributed by atoms with E-state index >= 15 is 0 Å². The number of nitrogens with zero attached hydrogens (tertiary/aromatic N) is 2. The molecule has 2 N–H and O–H groups in total. The second-order valence-electron chi connectivity index (χ2n) is 7.58. The molecule has 2 amide bonds. The lowest BCUT2D eigenvalue weighted by Gasteiger charge is -2.23. The smallest absolute Gasteiger partial charge is 0.225 e. The van der Waals surface area contributed by atoms with Gasteiger partial charge in [0, 0.05) is 56.0 Å². The van der Waals surface area contributed by atoms with Gasteiger partial charge in [0.2, 0.25) is 11.8 Å². The molecular weight excluding hydrogens is 302 g/mol. The minimum Gasteiger partial charge on any atom is -0.371 e. The standard InChI is InChI=1S/C19H25N3O2/c20-18(23)7-4-13-2-1-3-17(8-13)21-9-15-11-22(12-16(15)10-21)19(24)14-5-6-14/h1-3,8,14-16H,4-7,9-12H2,(H2,20,23). The van der Waals surface area contributed by atoms with Crippen molar-refractivity contribution >= 4 is 17.5 Å². The summed E-state index contributed by atoms with van der Waals surface area (Å²) >= 11 is 0. The lowest BCUT2D eigenvalue weighted by molar-refractivity contribution is -0.131. The molecule has 2 aliphatic heterocycles. The molecule has 5 nitrogen and oxygen atoms in total. The van der Waals surface area contributed by atoms with Crippen LogP contribution < -0.4 is 10.6 Å². The van der Waals surface area contributed by atoms with Crippen molar-refractivity contribution < 1.29 is 9.59 Å². The van der Waals surface area contributed by atoms with E-state index in [1.54, 1.807) is 0 Å². The van der Waals surface area contributed by atoms with Crippen molar-refractivity contribution in [3.05, 3.63) is 29.8 Å². The first-order valence-corrected chi connectivity index (χ1v) is 9.01. The number of hydrogen-bond donors (Lipinski definition) is 1. The molecular formula is C19H25N3O2. The van der Waals surface area contributed by atoms with Crippen LogP contribution in [0.1, 0.15) is 24.8 Å². The molecule has 3 fully saturated rings. The molecule has 2 atom stereocenters. The van der Waals surface area contributed by atoms with Crippen molar-refractivity contribution in [3.8, 4) is 0 Å². The Bertz CT molecular complexity index is 642. The number of carbonyl (C=O) groups is 2. The van der Waals surface area contributed by atoms with Gasteiger partial charge in [0.15, 0.2) is 0 Å². The van der Waals surface area contributed by atoms with Gasteiger partial charge in [-0.3, -0.25) is 9.59 Å². The van der Waals surface area contributed by atoms with Crippen LogP contribution in [0.15, 0.2) is 24.3 Å². The van der Waals surface area contributed by atoms with E-state index in [2.05, 4.69) is 34.1 Å². The fourth-order valence-corrected chi connectivity index (χ4v) is 4.15. The van der Waals surface area contributed by atoms with Crippen LogP contribution in [0.4, 0.5) is 5.69 Å². The first kappa shape index (κ1) is 15.5. The summed E-state index contributed by atoms with van der Waals surface area (Å²) in [5.41, 5.74) is 7.63. The number of anilines is 1. The largest absolute Gasteiger partial charge is 0.371 e. The summed E-state index contributed by atoms with van der Waals surface area (Å²) in [6, 6.07) is 8.43. The van der Waals surface area contributed by atoms with Crippen molar-refractivity contribution in [3.63, 3.8) is 0 Å². The molecule has 0 aromatic heterocycles. The van der Waals surface area contributed by atoms with E-state index in [9.17, 15) is 9.59 Å². The van der Waals surface area contributed by atoms with E-state index in [4.69, 9.17) is 5.73 Å². The van der Waals surface area contributed by atoms with Gasteiger partial charge < -0.3 is 15.5 Å². The molecule has 0 spiro atoms. The third-order valence-corrected chi connectivity index (χ3v) is 5.66. The molecule has 5 heteroatoms. The molecule has 3 aliphatic rings. The minimum absolute atomic E-state index is 0.253. The van der Waals surface area contributed by atoms with Gasteiger partial charge in [0.1, 0.15) is 0 Å². The van der Waals surface area contributed by atoms with Crippen LogP contribution in [0.3, 0.4) is 0 Å². The van der Waals surface area contributed by atoms with Gasteiger partial charge in [-0.15, -0.1) is 0 Å².